The van der Waals surface area contributed by atoms with Crippen molar-refractivity contribution < 1.29 is 4.79 Å². The number of piperidine rings is 1. The van der Waals surface area contributed by atoms with E-state index in [2.05, 4.69) is 4.90 Å². The second-order valence-electron chi connectivity index (χ2n) is 3.61. The number of hydrazine groups is 1. The van der Waals surface area contributed by atoms with E-state index in [9.17, 15) is 4.79 Å². The molecule has 76 valence electrons. The quantitative estimate of drug-likeness (QED) is 0.388. The first kappa shape index (κ1) is 10.5. The molecular formula is C9H19N3O. The number of carbonyl (C=O) groups excluding carboxylic acids is 1. The maximum Gasteiger partial charge on any atom is 0.233 e. The van der Waals surface area contributed by atoms with Crippen molar-refractivity contribution in [2.45, 2.75) is 26.2 Å². The highest BCUT2D eigenvalue weighted by Crippen LogP contribution is 2.07. The normalized spacial score (nSPS) is 18.6. The van der Waals surface area contributed by atoms with Gasteiger partial charge < -0.3 is 4.90 Å². The molecular weight excluding hydrogens is 166 g/mol. The minimum atomic E-state index is -0.0583. The first-order chi connectivity index (χ1) is 6.20. The standard InChI is InChI=1S/C9H19N3O/c1-9(13)12(10)8-7-11-5-3-2-4-6-11/h2-8,10H2,1H3. The average Bonchev–Trinajstić information content (AvgIpc) is 2.15. The number of nitrogens with two attached hydrogens (primary N) is 1. The molecule has 0 aromatic rings. The Bertz CT molecular complexity index is 166. The Morgan fingerprint density at radius 3 is 2.54 bits per heavy atom. The summed E-state index contributed by atoms with van der Waals surface area (Å²) in [7, 11) is 0. The van der Waals surface area contributed by atoms with Crippen LogP contribution in [0.15, 0.2) is 0 Å². The second kappa shape index (κ2) is 5.19. The summed E-state index contributed by atoms with van der Waals surface area (Å²) in [6.45, 7) is 5.37. The predicted octanol–water partition coefficient (Wildman–Crippen LogP) is 0.194. The third-order valence-electron chi connectivity index (χ3n) is 2.51. The molecule has 1 saturated heterocycles. The van der Waals surface area contributed by atoms with Crippen molar-refractivity contribution in [1.82, 2.24) is 9.91 Å². The van der Waals surface area contributed by atoms with Crippen LogP contribution < -0.4 is 5.84 Å². The monoisotopic (exact) mass is 185 g/mol. The van der Waals surface area contributed by atoms with Crippen LogP contribution in [0.25, 0.3) is 0 Å². The molecule has 4 nitrogen and oxygen atoms in total. The lowest BCUT2D eigenvalue weighted by molar-refractivity contribution is -0.129. The summed E-state index contributed by atoms with van der Waals surface area (Å²) in [5.41, 5.74) is 0. The van der Waals surface area contributed by atoms with E-state index in [0.29, 0.717) is 6.54 Å². The van der Waals surface area contributed by atoms with E-state index in [1.165, 1.54) is 31.2 Å². The molecule has 0 aromatic heterocycles. The zero-order valence-electron chi connectivity index (χ0n) is 8.33. The topological polar surface area (TPSA) is 49.6 Å². The van der Waals surface area contributed by atoms with Crippen LogP contribution in [0.5, 0.6) is 0 Å². The molecule has 1 fully saturated rings. The van der Waals surface area contributed by atoms with Crippen molar-refractivity contribution in [3.05, 3.63) is 0 Å². The van der Waals surface area contributed by atoms with Crippen LogP contribution in [-0.2, 0) is 4.79 Å². The summed E-state index contributed by atoms with van der Waals surface area (Å²) in [5, 5.41) is 1.29. The number of hydrogen-bond donors (Lipinski definition) is 1. The smallest absolute Gasteiger partial charge is 0.233 e. The van der Waals surface area contributed by atoms with Crippen molar-refractivity contribution in [2.75, 3.05) is 26.2 Å². The largest absolute Gasteiger partial charge is 0.302 e. The van der Waals surface area contributed by atoms with Gasteiger partial charge in [-0.3, -0.25) is 9.80 Å². The van der Waals surface area contributed by atoms with Gasteiger partial charge >= 0.3 is 0 Å². The van der Waals surface area contributed by atoms with E-state index in [1.54, 1.807) is 0 Å². The maximum absolute atomic E-state index is 10.8. The molecule has 1 rings (SSSR count). The zero-order chi connectivity index (χ0) is 9.68. The van der Waals surface area contributed by atoms with Crippen LogP contribution in [0.1, 0.15) is 26.2 Å². The Morgan fingerprint density at radius 1 is 1.38 bits per heavy atom. The highest BCUT2D eigenvalue weighted by Gasteiger charge is 2.11. The summed E-state index contributed by atoms with van der Waals surface area (Å²) < 4.78 is 0. The van der Waals surface area contributed by atoms with Crippen molar-refractivity contribution in [3.8, 4) is 0 Å². The van der Waals surface area contributed by atoms with Crippen LogP contribution in [0.2, 0.25) is 0 Å². The Morgan fingerprint density at radius 2 is 2.00 bits per heavy atom. The molecule has 0 unspecified atom stereocenters. The number of rotatable bonds is 3. The molecule has 0 atom stereocenters. The molecule has 2 N–H and O–H groups in total. The third kappa shape index (κ3) is 3.74. The van der Waals surface area contributed by atoms with E-state index >= 15 is 0 Å². The van der Waals surface area contributed by atoms with Gasteiger partial charge in [0.2, 0.25) is 5.91 Å². The van der Waals surface area contributed by atoms with Gasteiger partial charge in [0.25, 0.3) is 0 Å². The molecule has 1 amide bonds. The number of carbonyl (C=O) groups is 1. The molecule has 13 heavy (non-hydrogen) atoms. The minimum Gasteiger partial charge on any atom is -0.302 e. The van der Waals surface area contributed by atoms with Crippen molar-refractivity contribution >= 4 is 5.91 Å². The molecule has 0 bridgehead atoms. The first-order valence-electron chi connectivity index (χ1n) is 4.95. The van der Waals surface area contributed by atoms with Crippen molar-refractivity contribution in [2.24, 2.45) is 5.84 Å². The Labute approximate surface area is 79.6 Å². The van der Waals surface area contributed by atoms with E-state index in [-0.39, 0.29) is 5.91 Å². The van der Waals surface area contributed by atoms with Crippen molar-refractivity contribution in [1.29, 1.82) is 0 Å². The molecule has 4 heteroatoms. The lowest BCUT2D eigenvalue weighted by atomic mass is 10.1. The van der Waals surface area contributed by atoms with Crippen LogP contribution in [0.3, 0.4) is 0 Å². The van der Waals surface area contributed by atoms with E-state index < -0.39 is 0 Å². The van der Waals surface area contributed by atoms with E-state index in [1.807, 2.05) is 0 Å². The number of hydrogen-bond acceptors (Lipinski definition) is 3. The Hall–Kier alpha value is -0.610. The van der Waals surface area contributed by atoms with Crippen LogP contribution in [0, 0.1) is 0 Å². The summed E-state index contributed by atoms with van der Waals surface area (Å²) >= 11 is 0. The molecule has 0 spiro atoms. The fraction of sp³-hybridized carbons (Fsp3) is 0.889. The Kier molecular flexibility index (Phi) is 4.18. The molecule has 0 saturated carbocycles. The number of amides is 1. The van der Waals surface area contributed by atoms with Gasteiger partial charge in [-0.05, 0) is 25.9 Å². The molecule has 0 radical (unpaired) electrons. The molecule has 1 heterocycles. The Balaban J connectivity index is 2.13. The second-order valence-corrected chi connectivity index (χ2v) is 3.61. The van der Waals surface area contributed by atoms with E-state index in [0.717, 1.165) is 19.6 Å². The minimum absolute atomic E-state index is 0.0583. The zero-order valence-corrected chi connectivity index (χ0v) is 8.33. The summed E-state index contributed by atoms with van der Waals surface area (Å²) in [4.78, 5) is 13.2. The van der Waals surface area contributed by atoms with Gasteiger partial charge in [0.1, 0.15) is 0 Å². The third-order valence-corrected chi connectivity index (χ3v) is 2.51. The van der Waals surface area contributed by atoms with Crippen LogP contribution in [0.4, 0.5) is 0 Å². The predicted molar refractivity (Wildman–Crippen MR) is 51.9 cm³/mol. The number of nitrogens with zero attached hydrogens (tertiary/aromatic N) is 2. The first-order valence-corrected chi connectivity index (χ1v) is 4.95. The fourth-order valence-corrected chi connectivity index (χ4v) is 1.59. The molecule has 1 aliphatic rings. The fourth-order valence-electron chi connectivity index (χ4n) is 1.59. The SMILES string of the molecule is CC(=O)N(N)CCN1CCCCC1. The lowest BCUT2D eigenvalue weighted by Crippen LogP contribution is -2.43. The van der Waals surface area contributed by atoms with Gasteiger partial charge in [-0.1, -0.05) is 6.42 Å². The van der Waals surface area contributed by atoms with Gasteiger partial charge in [-0.15, -0.1) is 0 Å². The van der Waals surface area contributed by atoms with E-state index in [4.69, 9.17) is 5.84 Å². The highest BCUT2D eigenvalue weighted by molar-refractivity contribution is 5.72. The summed E-state index contributed by atoms with van der Waals surface area (Å²) in [6.07, 6.45) is 3.91. The highest BCUT2D eigenvalue weighted by atomic mass is 16.2. The molecule has 0 aromatic carbocycles. The number of likely N-dealkylation sites (tertiary alicyclic amines) is 1. The molecule has 0 aliphatic carbocycles. The van der Waals surface area contributed by atoms with Gasteiger partial charge in [0, 0.05) is 20.0 Å². The van der Waals surface area contributed by atoms with Gasteiger partial charge in [-0.2, -0.15) is 0 Å². The van der Waals surface area contributed by atoms with Gasteiger partial charge in [0.15, 0.2) is 0 Å². The van der Waals surface area contributed by atoms with Crippen LogP contribution in [-0.4, -0.2) is 42.0 Å². The van der Waals surface area contributed by atoms with Gasteiger partial charge in [-0.25, -0.2) is 5.84 Å². The van der Waals surface area contributed by atoms with Gasteiger partial charge in [0.05, 0.1) is 0 Å². The summed E-state index contributed by atoms with van der Waals surface area (Å²) in [5.74, 6) is 5.43. The molecule has 1 aliphatic heterocycles. The average molecular weight is 185 g/mol. The van der Waals surface area contributed by atoms with Crippen molar-refractivity contribution in [3.63, 3.8) is 0 Å². The maximum atomic E-state index is 10.8. The van der Waals surface area contributed by atoms with Crippen LogP contribution >= 0.6 is 0 Å². The lowest BCUT2D eigenvalue weighted by Gasteiger charge is -2.27. The summed E-state index contributed by atoms with van der Waals surface area (Å²) in [6, 6.07) is 0.